The number of rotatable bonds is 9. The molecule has 0 aliphatic rings. The van der Waals surface area contributed by atoms with E-state index in [1.807, 2.05) is 62.4 Å². The summed E-state index contributed by atoms with van der Waals surface area (Å²) in [6.07, 6.45) is 3.58. The maximum absolute atomic E-state index is 12.9. The van der Waals surface area contributed by atoms with E-state index >= 15 is 0 Å². The summed E-state index contributed by atoms with van der Waals surface area (Å²) in [5.74, 6) is 0.680. The van der Waals surface area contributed by atoms with E-state index in [-0.39, 0.29) is 17.6 Å². The summed E-state index contributed by atoms with van der Waals surface area (Å²) in [7, 11) is 0. The van der Waals surface area contributed by atoms with E-state index in [0.29, 0.717) is 13.0 Å². The lowest BCUT2D eigenvalue weighted by Crippen LogP contribution is -2.35. The zero-order valence-corrected chi connectivity index (χ0v) is 19.0. The molecule has 34 heavy (non-hydrogen) atoms. The molecule has 8 heteroatoms. The van der Waals surface area contributed by atoms with E-state index < -0.39 is 11.8 Å². The number of amides is 2. The van der Waals surface area contributed by atoms with Crippen LogP contribution in [0.25, 0.3) is 17.1 Å². The summed E-state index contributed by atoms with van der Waals surface area (Å²) in [6.45, 7) is 4.24. The van der Waals surface area contributed by atoms with Crippen molar-refractivity contribution < 1.29 is 18.7 Å². The molecule has 0 unspecified atom stereocenters. The molecule has 2 amide bonds. The number of benzene rings is 2. The van der Waals surface area contributed by atoms with Crippen LogP contribution in [0, 0.1) is 0 Å². The highest BCUT2D eigenvalue weighted by Gasteiger charge is 2.16. The first-order valence-electron chi connectivity index (χ1n) is 11.0. The van der Waals surface area contributed by atoms with E-state index in [9.17, 15) is 9.59 Å². The molecule has 174 valence electrons. The summed E-state index contributed by atoms with van der Waals surface area (Å²) in [5.41, 5.74) is 2.65. The molecule has 4 aromatic rings. The number of nitrogens with one attached hydrogen (secondary N) is 3. The van der Waals surface area contributed by atoms with Gasteiger partial charge in [-0.25, -0.2) is 4.98 Å². The number of carbonyl (C=O) groups excluding carboxylic acids is 2. The number of ether oxygens (including phenoxy) is 1. The van der Waals surface area contributed by atoms with E-state index in [4.69, 9.17) is 9.15 Å². The van der Waals surface area contributed by atoms with Gasteiger partial charge in [-0.2, -0.15) is 0 Å². The zero-order chi connectivity index (χ0) is 23.9. The minimum Gasteiger partial charge on any atom is -0.491 e. The number of H-pyrrole nitrogens is 1. The second-order valence-corrected chi connectivity index (χ2v) is 7.93. The van der Waals surface area contributed by atoms with Crippen LogP contribution in [0.15, 0.2) is 77.0 Å². The summed E-state index contributed by atoms with van der Waals surface area (Å²) in [5, 5.41) is 5.49. The van der Waals surface area contributed by atoms with Gasteiger partial charge in [-0.05, 0) is 61.9 Å². The van der Waals surface area contributed by atoms with Crippen LogP contribution in [-0.2, 0) is 11.2 Å². The molecule has 0 aliphatic heterocycles. The van der Waals surface area contributed by atoms with Gasteiger partial charge in [0, 0.05) is 13.0 Å². The molecule has 4 rings (SSSR count). The zero-order valence-electron chi connectivity index (χ0n) is 19.0. The molecular formula is C26H26N4O4. The van der Waals surface area contributed by atoms with Gasteiger partial charge in [0.2, 0.25) is 0 Å². The van der Waals surface area contributed by atoms with Gasteiger partial charge in [-0.1, -0.05) is 24.3 Å². The van der Waals surface area contributed by atoms with E-state index in [1.54, 1.807) is 12.1 Å². The van der Waals surface area contributed by atoms with Gasteiger partial charge in [0.1, 0.15) is 17.3 Å². The molecule has 2 aromatic carbocycles. The van der Waals surface area contributed by atoms with Crippen molar-refractivity contribution in [3.05, 3.63) is 89.8 Å². The predicted octanol–water partition coefficient (Wildman–Crippen LogP) is 4.07. The average molecular weight is 459 g/mol. The van der Waals surface area contributed by atoms with Gasteiger partial charge in [0.15, 0.2) is 5.76 Å². The summed E-state index contributed by atoms with van der Waals surface area (Å²) in [4.78, 5) is 33.2. The Labute approximate surface area is 197 Å². The third kappa shape index (κ3) is 5.92. The molecular weight excluding hydrogens is 432 g/mol. The van der Waals surface area contributed by atoms with Crippen LogP contribution in [0.4, 0.5) is 0 Å². The summed E-state index contributed by atoms with van der Waals surface area (Å²) < 4.78 is 10.8. The standard InChI is InChI=1S/C26H26N4O4/c1-17(2)34-19-11-9-18(10-12-19)16-22(30-26(32)23-8-5-15-33-23)25(31)27-14-13-24-28-20-6-3-4-7-21(20)29-24/h3-12,15-17H,13-14H2,1-2H3,(H,27,31)(H,28,29)(H,30,32). The van der Waals surface area contributed by atoms with Crippen molar-refractivity contribution in [3.63, 3.8) is 0 Å². The molecule has 0 spiro atoms. The smallest absolute Gasteiger partial charge is 0.291 e. The minimum absolute atomic E-state index is 0.0575. The number of aromatic nitrogens is 2. The fourth-order valence-electron chi connectivity index (χ4n) is 3.35. The van der Waals surface area contributed by atoms with Gasteiger partial charge in [0.05, 0.1) is 23.4 Å². The van der Waals surface area contributed by atoms with E-state index in [0.717, 1.165) is 28.2 Å². The van der Waals surface area contributed by atoms with Crippen molar-refractivity contribution in [2.45, 2.75) is 26.4 Å². The number of fused-ring (bicyclic) bond motifs is 1. The van der Waals surface area contributed by atoms with Crippen molar-refractivity contribution in [2.75, 3.05) is 6.54 Å². The number of hydrogen-bond acceptors (Lipinski definition) is 5. The number of nitrogens with zero attached hydrogens (tertiary/aromatic N) is 1. The highest BCUT2D eigenvalue weighted by atomic mass is 16.5. The minimum atomic E-state index is -0.511. The lowest BCUT2D eigenvalue weighted by Gasteiger charge is -2.11. The first kappa shape index (κ1) is 22.8. The monoisotopic (exact) mass is 458 g/mol. The van der Waals surface area contributed by atoms with Gasteiger partial charge < -0.3 is 24.8 Å². The van der Waals surface area contributed by atoms with Crippen LogP contribution in [0.3, 0.4) is 0 Å². The van der Waals surface area contributed by atoms with Crippen molar-refractivity contribution >= 4 is 28.9 Å². The normalized spacial score (nSPS) is 11.6. The Hall–Kier alpha value is -4.33. The molecule has 2 heterocycles. The lowest BCUT2D eigenvalue weighted by molar-refractivity contribution is -0.117. The Morgan fingerprint density at radius 2 is 1.88 bits per heavy atom. The van der Waals surface area contributed by atoms with Gasteiger partial charge in [-0.3, -0.25) is 9.59 Å². The van der Waals surface area contributed by atoms with Crippen LogP contribution in [0.1, 0.15) is 35.8 Å². The van der Waals surface area contributed by atoms with Crippen LogP contribution in [-0.4, -0.2) is 34.4 Å². The Kier molecular flexibility index (Phi) is 7.07. The molecule has 0 aliphatic carbocycles. The molecule has 0 fully saturated rings. The third-order valence-corrected chi connectivity index (χ3v) is 4.89. The molecule has 0 saturated carbocycles. The Bertz CT molecular complexity index is 1260. The molecule has 0 radical (unpaired) electrons. The van der Waals surface area contributed by atoms with E-state index in [2.05, 4.69) is 20.6 Å². The molecule has 2 aromatic heterocycles. The topological polar surface area (TPSA) is 109 Å². The van der Waals surface area contributed by atoms with Crippen LogP contribution >= 0.6 is 0 Å². The van der Waals surface area contributed by atoms with Crippen molar-refractivity contribution in [3.8, 4) is 5.75 Å². The fraction of sp³-hybridized carbons (Fsp3) is 0.192. The molecule has 0 atom stereocenters. The number of carbonyl (C=O) groups is 2. The number of aromatic amines is 1. The SMILES string of the molecule is CC(C)Oc1ccc(C=C(NC(=O)c2ccco2)C(=O)NCCc2nc3ccccc3[nH]2)cc1. The van der Waals surface area contributed by atoms with Gasteiger partial charge in [-0.15, -0.1) is 0 Å². The Morgan fingerprint density at radius 3 is 2.59 bits per heavy atom. The first-order chi connectivity index (χ1) is 16.5. The summed E-state index contributed by atoms with van der Waals surface area (Å²) in [6, 6.07) is 18.2. The fourth-order valence-corrected chi connectivity index (χ4v) is 3.35. The number of para-hydroxylation sites is 2. The quantitative estimate of drug-likeness (QED) is 0.328. The first-order valence-corrected chi connectivity index (χ1v) is 11.0. The molecule has 0 saturated heterocycles. The number of imidazole rings is 1. The highest BCUT2D eigenvalue weighted by molar-refractivity contribution is 6.04. The second kappa shape index (κ2) is 10.5. The van der Waals surface area contributed by atoms with Gasteiger partial charge >= 0.3 is 0 Å². The lowest BCUT2D eigenvalue weighted by atomic mass is 10.1. The number of hydrogen-bond donors (Lipinski definition) is 3. The maximum Gasteiger partial charge on any atom is 0.291 e. The third-order valence-electron chi connectivity index (χ3n) is 4.89. The van der Waals surface area contributed by atoms with Crippen LogP contribution in [0.5, 0.6) is 5.75 Å². The number of furan rings is 1. The van der Waals surface area contributed by atoms with Crippen LogP contribution < -0.4 is 15.4 Å². The van der Waals surface area contributed by atoms with Crippen molar-refractivity contribution in [1.29, 1.82) is 0 Å². The molecule has 8 nitrogen and oxygen atoms in total. The van der Waals surface area contributed by atoms with Crippen molar-refractivity contribution in [1.82, 2.24) is 20.6 Å². The maximum atomic E-state index is 12.9. The van der Waals surface area contributed by atoms with Crippen LogP contribution in [0.2, 0.25) is 0 Å². The van der Waals surface area contributed by atoms with E-state index in [1.165, 1.54) is 12.3 Å². The Balaban J connectivity index is 1.46. The predicted molar refractivity (Wildman–Crippen MR) is 129 cm³/mol. The highest BCUT2D eigenvalue weighted by Crippen LogP contribution is 2.16. The molecule has 0 bridgehead atoms. The van der Waals surface area contributed by atoms with Crippen molar-refractivity contribution in [2.24, 2.45) is 0 Å². The second-order valence-electron chi connectivity index (χ2n) is 7.93. The Morgan fingerprint density at radius 1 is 1.09 bits per heavy atom. The van der Waals surface area contributed by atoms with Gasteiger partial charge in [0.25, 0.3) is 11.8 Å². The summed E-state index contributed by atoms with van der Waals surface area (Å²) >= 11 is 0. The average Bonchev–Trinajstić information content (AvgIpc) is 3.49. The molecule has 3 N–H and O–H groups in total. The largest absolute Gasteiger partial charge is 0.491 e.